The van der Waals surface area contributed by atoms with E-state index in [0.29, 0.717) is 6.04 Å². The van der Waals surface area contributed by atoms with Crippen LogP contribution < -0.4 is 5.32 Å². The van der Waals surface area contributed by atoms with Crippen molar-refractivity contribution in [2.45, 2.75) is 38.6 Å². The zero-order chi connectivity index (χ0) is 14.9. The van der Waals surface area contributed by atoms with Gasteiger partial charge in [0.2, 0.25) is 10.1 Å². The molecule has 1 aliphatic rings. The Balaban J connectivity index is 1.46. The van der Waals surface area contributed by atoms with E-state index in [4.69, 9.17) is 0 Å². The lowest BCUT2D eigenvalue weighted by molar-refractivity contribution is 0.609. The highest BCUT2D eigenvalue weighted by Crippen LogP contribution is 2.34. The molecule has 0 aromatic carbocycles. The third-order valence-corrected chi connectivity index (χ3v) is 4.93. The predicted molar refractivity (Wildman–Crippen MR) is 89.1 cm³/mol. The van der Waals surface area contributed by atoms with E-state index < -0.39 is 0 Å². The molecule has 1 aliphatic carbocycles. The van der Waals surface area contributed by atoms with E-state index in [-0.39, 0.29) is 0 Å². The van der Waals surface area contributed by atoms with E-state index in [0.717, 1.165) is 27.3 Å². The molecule has 3 heterocycles. The van der Waals surface area contributed by atoms with Crippen LogP contribution in [0.3, 0.4) is 0 Å². The summed E-state index contributed by atoms with van der Waals surface area (Å²) in [5, 5.41) is 9.02. The molecule has 1 unspecified atom stereocenters. The van der Waals surface area contributed by atoms with Crippen molar-refractivity contribution in [1.29, 1.82) is 0 Å². The lowest BCUT2D eigenvalue weighted by atomic mass is 10.1. The van der Waals surface area contributed by atoms with Crippen molar-refractivity contribution < 1.29 is 0 Å². The van der Waals surface area contributed by atoms with Gasteiger partial charge in [-0.15, -0.1) is 5.10 Å². The van der Waals surface area contributed by atoms with Crippen LogP contribution in [0, 0.1) is 5.92 Å². The SMILES string of the molecule is CC(CCC1CC1)Nc1nn2cc(-c3cccnc3)nc2s1. The molecule has 0 bridgehead atoms. The van der Waals surface area contributed by atoms with Crippen LogP contribution in [-0.4, -0.2) is 25.6 Å². The number of hydrogen-bond donors (Lipinski definition) is 1. The number of aromatic nitrogens is 4. The third kappa shape index (κ3) is 2.97. The Morgan fingerprint density at radius 2 is 2.36 bits per heavy atom. The largest absolute Gasteiger partial charge is 0.358 e. The Morgan fingerprint density at radius 3 is 3.09 bits per heavy atom. The fourth-order valence-electron chi connectivity index (χ4n) is 2.59. The van der Waals surface area contributed by atoms with E-state index in [9.17, 15) is 0 Å². The molecule has 22 heavy (non-hydrogen) atoms. The van der Waals surface area contributed by atoms with Gasteiger partial charge in [0.15, 0.2) is 0 Å². The Hall–Kier alpha value is -1.95. The maximum absolute atomic E-state index is 4.63. The molecule has 1 N–H and O–H groups in total. The monoisotopic (exact) mass is 313 g/mol. The van der Waals surface area contributed by atoms with Crippen molar-refractivity contribution in [2.24, 2.45) is 5.92 Å². The van der Waals surface area contributed by atoms with Crippen LogP contribution in [-0.2, 0) is 0 Å². The molecule has 0 amide bonds. The van der Waals surface area contributed by atoms with E-state index in [1.165, 1.54) is 25.7 Å². The topological polar surface area (TPSA) is 55.1 Å². The average Bonchev–Trinajstić information content (AvgIpc) is 3.17. The Bertz CT molecular complexity index is 728. The summed E-state index contributed by atoms with van der Waals surface area (Å²) in [6.45, 7) is 2.23. The zero-order valence-electron chi connectivity index (χ0n) is 12.6. The van der Waals surface area contributed by atoms with Gasteiger partial charge in [0, 0.05) is 24.0 Å². The first-order valence-electron chi connectivity index (χ1n) is 7.81. The third-order valence-electron chi connectivity index (χ3n) is 4.08. The normalized spacial score (nSPS) is 16.0. The van der Waals surface area contributed by atoms with E-state index in [2.05, 4.69) is 27.3 Å². The summed E-state index contributed by atoms with van der Waals surface area (Å²) in [5.74, 6) is 0.986. The lowest BCUT2D eigenvalue weighted by Crippen LogP contribution is -2.15. The molecule has 0 radical (unpaired) electrons. The molecule has 4 rings (SSSR count). The summed E-state index contributed by atoms with van der Waals surface area (Å²) in [6, 6.07) is 4.40. The molecule has 1 fully saturated rings. The van der Waals surface area contributed by atoms with Crippen LogP contribution >= 0.6 is 11.3 Å². The fourth-order valence-corrected chi connectivity index (χ4v) is 3.48. The van der Waals surface area contributed by atoms with E-state index >= 15 is 0 Å². The molecule has 1 saturated carbocycles. The van der Waals surface area contributed by atoms with Crippen molar-refractivity contribution in [3.05, 3.63) is 30.7 Å². The predicted octanol–water partition coefficient (Wildman–Crippen LogP) is 3.84. The first-order chi connectivity index (χ1) is 10.8. The van der Waals surface area contributed by atoms with Gasteiger partial charge < -0.3 is 5.32 Å². The molecular weight excluding hydrogens is 294 g/mol. The van der Waals surface area contributed by atoms with Gasteiger partial charge in [-0.2, -0.15) is 0 Å². The second-order valence-corrected chi connectivity index (χ2v) is 7.02. The van der Waals surface area contributed by atoms with Gasteiger partial charge in [-0.1, -0.05) is 24.2 Å². The minimum atomic E-state index is 0.467. The average molecular weight is 313 g/mol. The molecular formula is C16H19N5S. The van der Waals surface area contributed by atoms with Gasteiger partial charge in [-0.05, 0) is 37.8 Å². The molecule has 0 saturated heterocycles. The highest BCUT2D eigenvalue weighted by molar-refractivity contribution is 7.20. The summed E-state index contributed by atoms with van der Waals surface area (Å²) in [5.41, 5.74) is 1.94. The number of pyridine rings is 1. The van der Waals surface area contributed by atoms with Crippen LogP contribution in [0.15, 0.2) is 30.7 Å². The number of nitrogens with one attached hydrogen (secondary N) is 1. The van der Waals surface area contributed by atoms with Crippen LogP contribution in [0.5, 0.6) is 0 Å². The summed E-state index contributed by atoms with van der Waals surface area (Å²) in [6.07, 6.45) is 11.0. The number of fused-ring (bicyclic) bond motifs is 1. The molecule has 3 aromatic rings. The van der Waals surface area contributed by atoms with Gasteiger partial charge in [0.05, 0.1) is 11.9 Å². The van der Waals surface area contributed by atoms with E-state index in [1.807, 2.05) is 29.0 Å². The Kier molecular flexibility index (Phi) is 3.54. The molecule has 1 atom stereocenters. The molecule has 0 aliphatic heterocycles. The van der Waals surface area contributed by atoms with Crippen molar-refractivity contribution in [2.75, 3.05) is 5.32 Å². The molecule has 6 heteroatoms. The first-order valence-corrected chi connectivity index (χ1v) is 8.63. The number of anilines is 1. The van der Waals surface area contributed by atoms with Gasteiger partial charge in [-0.3, -0.25) is 4.98 Å². The summed E-state index contributed by atoms with van der Waals surface area (Å²) >= 11 is 1.60. The first kappa shape index (κ1) is 13.7. The fraction of sp³-hybridized carbons (Fsp3) is 0.438. The summed E-state index contributed by atoms with van der Waals surface area (Å²) in [7, 11) is 0. The van der Waals surface area contributed by atoms with Crippen LogP contribution in [0.1, 0.15) is 32.6 Å². The van der Waals surface area contributed by atoms with Crippen molar-refractivity contribution in [1.82, 2.24) is 19.6 Å². The van der Waals surface area contributed by atoms with Gasteiger partial charge in [-0.25, -0.2) is 9.50 Å². The lowest BCUT2D eigenvalue weighted by Gasteiger charge is -2.11. The van der Waals surface area contributed by atoms with E-state index in [1.54, 1.807) is 17.5 Å². The molecule has 5 nitrogen and oxygen atoms in total. The number of rotatable bonds is 6. The van der Waals surface area contributed by atoms with Gasteiger partial charge >= 0.3 is 0 Å². The molecule has 3 aromatic heterocycles. The zero-order valence-corrected chi connectivity index (χ0v) is 13.4. The second kappa shape index (κ2) is 5.68. The quantitative estimate of drug-likeness (QED) is 0.751. The highest BCUT2D eigenvalue weighted by Gasteiger charge is 2.21. The number of imidazole rings is 1. The maximum atomic E-state index is 4.63. The standard InChI is InChI=1S/C16H19N5S/c1-11(4-5-12-6-7-12)18-15-20-21-10-14(19-16(21)22-15)13-3-2-8-17-9-13/h2-3,8-12H,4-7H2,1H3,(H,18,20). The van der Waals surface area contributed by atoms with Gasteiger partial charge in [0.1, 0.15) is 0 Å². The minimum Gasteiger partial charge on any atom is -0.358 e. The van der Waals surface area contributed by atoms with Crippen LogP contribution in [0.4, 0.5) is 5.13 Å². The van der Waals surface area contributed by atoms with Crippen LogP contribution in [0.25, 0.3) is 16.2 Å². The summed E-state index contributed by atoms with van der Waals surface area (Å²) in [4.78, 5) is 9.68. The number of hydrogen-bond acceptors (Lipinski definition) is 5. The Labute approximate surface area is 133 Å². The molecule has 0 spiro atoms. The van der Waals surface area contributed by atoms with Crippen molar-refractivity contribution in [3.8, 4) is 11.3 Å². The number of nitrogens with zero attached hydrogens (tertiary/aromatic N) is 4. The van der Waals surface area contributed by atoms with Crippen LogP contribution in [0.2, 0.25) is 0 Å². The smallest absolute Gasteiger partial charge is 0.214 e. The Morgan fingerprint density at radius 1 is 1.45 bits per heavy atom. The highest BCUT2D eigenvalue weighted by atomic mass is 32.1. The van der Waals surface area contributed by atoms with Crippen molar-refractivity contribution >= 4 is 21.4 Å². The van der Waals surface area contributed by atoms with Crippen molar-refractivity contribution in [3.63, 3.8) is 0 Å². The molecule has 114 valence electrons. The summed E-state index contributed by atoms with van der Waals surface area (Å²) < 4.78 is 1.85. The second-order valence-electron chi connectivity index (χ2n) is 6.07. The maximum Gasteiger partial charge on any atom is 0.214 e. The van der Waals surface area contributed by atoms with Gasteiger partial charge in [0.25, 0.3) is 0 Å². The minimum absolute atomic E-state index is 0.467.